The van der Waals surface area contributed by atoms with Crippen LogP contribution < -0.4 is 10.6 Å². The van der Waals surface area contributed by atoms with Crippen LogP contribution in [0.3, 0.4) is 0 Å². The van der Waals surface area contributed by atoms with Crippen molar-refractivity contribution < 1.29 is 9.59 Å². The van der Waals surface area contributed by atoms with Gasteiger partial charge in [0.05, 0.1) is 0 Å². The molecule has 1 heterocycles. The van der Waals surface area contributed by atoms with Crippen molar-refractivity contribution in [3.63, 3.8) is 0 Å². The Morgan fingerprint density at radius 3 is 2.80 bits per heavy atom. The average Bonchev–Trinajstić information content (AvgIpc) is 2.58. The monoisotopic (exact) mass is 345 g/mol. The Morgan fingerprint density at radius 1 is 1.28 bits per heavy atom. The van der Waals surface area contributed by atoms with Crippen LogP contribution in [0.25, 0.3) is 0 Å². The molecule has 1 aromatic rings. The van der Waals surface area contributed by atoms with Crippen LogP contribution in [0.4, 0.5) is 0 Å². The first-order chi connectivity index (χ1) is 11.9. The lowest BCUT2D eigenvalue weighted by atomic mass is 9.97. The molecule has 1 unspecified atom stereocenters. The highest BCUT2D eigenvalue weighted by Gasteiger charge is 2.20. The zero-order chi connectivity index (χ0) is 18.2. The molecule has 0 aromatic heterocycles. The normalized spacial score (nSPS) is 18.2. The first kappa shape index (κ1) is 19.4. The molecule has 0 spiro atoms. The Labute approximate surface area is 151 Å². The largest absolute Gasteiger partial charge is 0.356 e. The van der Waals surface area contributed by atoms with E-state index < -0.39 is 0 Å². The molecule has 2 amide bonds. The molecular weight excluding hydrogens is 314 g/mol. The number of hydrogen-bond acceptors (Lipinski definition) is 3. The fraction of sp³-hybridized carbons (Fsp3) is 0.600. The summed E-state index contributed by atoms with van der Waals surface area (Å²) in [4.78, 5) is 25.7. The van der Waals surface area contributed by atoms with E-state index in [0.717, 1.165) is 50.1 Å². The molecule has 5 nitrogen and oxygen atoms in total. The minimum atomic E-state index is -0.00210. The molecular formula is C20H31N3O2. The summed E-state index contributed by atoms with van der Waals surface area (Å²) in [6, 6.07) is 7.90. The second kappa shape index (κ2) is 9.56. The number of amides is 2. The number of nitrogens with zero attached hydrogens (tertiary/aromatic N) is 1. The summed E-state index contributed by atoms with van der Waals surface area (Å²) in [5.41, 5.74) is 1.89. The van der Waals surface area contributed by atoms with E-state index >= 15 is 0 Å². The summed E-state index contributed by atoms with van der Waals surface area (Å²) in [5.74, 6) is 0.992. The predicted molar refractivity (Wildman–Crippen MR) is 100 cm³/mol. The molecule has 2 N–H and O–H groups in total. The number of carbonyl (C=O) groups is 2. The Hall–Kier alpha value is -1.88. The topological polar surface area (TPSA) is 61.4 Å². The van der Waals surface area contributed by atoms with Gasteiger partial charge in [-0.2, -0.15) is 0 Å². The zero-order valence-electron chi connectivity index (χ0n) is 15.7. The van der Waals surface area contributed by atoms with Crippen molar-refractivity contribution in [1.82, 2.24) is 15.5 Å². The highest BCUT2D eigenvalue weighted by atomic mass is 16.2. The van der Waals surface area contributed by atoms with Gasteiger partial charge in [0.15, 0.2) is 0 Å². The van der Waals surface area contributed by atoms with Gasteiger partial charge in [-0.3, -0.25) is 14.5 Å². The molecule has 1 aromatic carbocycles. The predicted octanol–water partition coefficient (Wildman–Crippen LogP) is 2.42. The summed E-state index contributed by atoms with van der Waals surface area (Å²) in [6.07, 6.45) is 2.31. The fourth-order valence-electron chi connectivity index (χ4n) is 3.22. The van der Waals surface area contributed by atoms with Crippen LogP contribution in [0.5, 0.6) is 0 Å². The van der Waals surface area contributed by atoms with Crippen LogP contribution >= 0.6 is 0 Å². The highest BCUT2D eigenvalue weighted by Crippen LogP contribution is 2.18. The van der Waals surface area contributed by atoms with E-state index in [-0.39, 0.29) is 11.8 Å². The van der Waals surface area contributed by atoms with E-state index in [4.69, 9.17) is 0 Å². The van der Waals surface area contributed by atoms with Gasteiger partial charge in [-0.15, -0.1) is 0 Å². The second-order valence-corrected chi connectivity index (χ2v) is 7.48. The van der Waals surface area contributed by atoms with Crippen molar-refractivity contribution in [3.8, 4) is 0 Å². The maximum absolute atomic E-state index is 12.2. The number of nitrogens with one attached hydrogen (secondary N) is 2. The summed E-state index contributed by atoms with van der Waals surface area (Å²) in [7, 11) is 0. The number of likely N-dealkylation sites (tertiary alicyclic amines) is 1. The molecule has 0 aliphatic carbocycles. The average molecular weight is 345 g/mol. The molecule has 0 radical (unpaired) electrons. The molecule has 1 atom stereocenters. The second-order valence-electron chi connectivity index (χ2n) is 7.48. The van der Waals surface area contributed by atoms with Gasteiger partial charge < -0.3 is 10.6 Å². The van der Waals surface area contributed by atoms with E-state index in [0.29, 0.717) is 18.4 Å². The molecule has 1 fully saturated rings. The molecule has 1 aliphatic heterocycles. The van der Waals surface area contributed by atoms with Crippen LogP contribution in [-0.2, 0) is 11.3 Å². The Kier molecular flexibility index (Phi) is 7.44. The van der Waals surface area contributed by atoms with E-state index in [1.807, 2.05) is 18.2 Å². The van der Waals surface area contributed by atoms with E-state index in [2.05, 4.69) is 35.4 Å². The molecule has 2 rings (SSSR count). The standard InChI is InChI=1S/C20H31N3O2/c1-15(2)11-22-20(25)19-8-4-6-17(10-19)13-23-9-5-7-18(14-23)12-21-16(3)24/h4,6,8,10,15,18H,5,7,9,11-14H2,1-3H3,(H,21,24)(H,22,25). The van der Waals surface area contributed by atoms with Crippen LogP contribution in [0.2, 0.25) is 0 Å². The quantitative estimate of drug-likeness (QED) is 0.798. The van der Waals surface area contributed by atoms with Gasteiger partial charge in [-0.1, -0.05) is 26.0 Å². The Bertz CT molecular complexity index is 586. The van der Waals surface area contributed by atoms with Crippen LogP contribution in [-0.4, -0.2) is 42.9 Å². The van der Waals surface area contributed by atoms with Gasteiger partial charge in [0.2, 0.25) is 5.91 Å². The van der Waals surface area contributed by atoms with Crippen molar-refractivity contribution in [2.75, 3.05) is 26.2 Å². The van der Waals surface area contributed by atoms with Gasteiger partial charge in [-0.25, -0.2) is 0 Å². The smallest absolute Gasteiger partial charge is 0.251 e. The Morgan fingerprint density at radius 2 is 2.08 bits per heavy atom. The molecule has 138 valence electrons. The number of piperidine rings is 1. The third-order valence-corrected chi connectivity index (χ3v) is 4.51. The number of rotatable bonds is 7. The van der Waals surface area contributed by atoms with Crippen LogP contribution in [0, 0.1) is 11.8 Å². The summed E-state index contributed by atoms with van der Waals surface area (Å²) >= 11 is 0. The lowest BCUT2D eigenvalue weighted by Gasteiger charge is -2.32. The van der Waals surface area contributed by atoms with Crippen molar-refractivity contribution in [3.05, 3.63) is 35.4 Å². The van der Waals surface area contributed by atoms with E-state index in [1.54, 1.807) is 6.92 Å². The first-order valence-electron chi connectivity index (χ1n) is 9.28. The van der Waals surface area contributed by atoms with Crippen molar-refractivity contribution in [1.29, 1.82) is 0 Å². The minimum Gasteiger partial charge on any atom is -0.356 e. The summed E-state index contributed by atoms with van der Waals surface area (Å²) < 4.78 is 0. The van der Waals surface area contributed by atoms with E-state index in [1.165, 1.54) is 0 Å². The maximum atomic E-state index is 12.2. The fourth-order valence-corrected chi connectivity index (χ4v) is 3.22. The Balaban J connectivity index is 1.90. The lowest BCUT2D eigenvalue weighted by Crippen LogP contribution is -2.40. The molecule has 25 heavy (non-hydrogen) atoms. The van der Waals surface area contributed by atoms with Gasteiger partial charge in [0.25, 0.3) is 5.91 Å². The number of benzene rings is 1. The zero-order valence-corrected chi connectivity index (χ0v) is 15.7. The maximum Gasteiger partial charge on any atom is 0.251 e. The molecule has 5 heteroatoms. The van der Waals surface area contributed by atoms with Crippen LogP contribution in [0.1, 0.15) is 49.5 Å². The van der Waals surface area contributed by atoms with E-state index in [9.17, 15) is 9.59 Å². The molecule has 0 bridgehead atoms. The molecule has 0 saturated carbocycles. The molecule has 1 aliphatic rings. The van der Waals surface area contributed by atoms with Gasteiger partial charge in [0, 0.05) is 38.7 Å². The molecule has 1 saturated heterocycles. The summed E-state index contributed by atoms with van der Waals surface area (Å²) in [5, 5.41) is 5.90. The summed E-state index contributed by atoms with van der Waals surface area (Å²) in [6.45, 7) is 10.1. The SMILES string of the molecule is CC(=O)NCC1CCCN(Cc2cccc(C(=O)NCC(C)C)c2)C1. The number of carbonyl (C=O) groups excluding carboxylic acids is 2. The minimum absolute atomic E-state index is 0.00210. The van der Waals surface area contributed by atoms with Gasteiger partial charge in [0.1, 0.15) is 0 Å². The first-order valence-corrected chi connectivity index (χ1v) is 9.28. The van der Waals surface area contributed by atoms with Crippen molar-refractivity contribution >= 4 is 11.8 Å². The van der Waals surface area contributed by atoms with Crippen molar-refractivity contribution in [2.24, 2.45) is 11.8 Å². The van der Waals surface area contributed by atoms with Crippen molar-refractivity contribution in [2.45, 2.75) is 40.2 Å². The third kappa shape index (κ3) is 6.86. The number of hydrogen-bond donors (Lipinski definition) is 2. The lowest BCUT2D eigenvalue weighted by molar-refractivity contribution is -0.119. The van der Waals surface area contributed by atoms with Gasteiger partial charge >= 0.3 is 0 Å². The third-order valence-electron chi connectivity index (χ3n) is 4.51. The van der Waals surface area contributed by atoms with Crippen LogP contribution in [0.15, 0.2) is 24.3 Å². The highest BCUT2D eigenvalue weighted by molar-refractivity contribution is 5.94. The van der Waals surface area contributed by atoms with Gasteiger partial charge in [-0.05, 0) is 48.9 Å².